The van der Waals surface area contributed by atoms with Crippen LogP contribution in [0.5, 0.6) is 0 Å². The van der Waals surface area contributed by atoms with E-state index in [1.165, 1.54) is 0 Å². The molecule has 0 spiro atoms. The van der Waals surface area contributed by atoms with Gasteiger partial charge in [0.1, 0.15) is 5.41 Å². The Hall–Kier alpha value is -1.43. The number of hydrogen-bond acceptors (Lipinski definition) is 0. The van der Waals surface area contributed by atoms with Crippen LogP contribution >= 0.6 is 0 Å². The van der Waals surface area contributed by atoms with Crippen LogP contribution < -0.4 is 0 Å². The molecule has 0 N–H and O–H groups in total. The number of rotatable bonds is 0. The smallest absolute Gasteiger partial charge is 0.169 e. The van der Waals surface area contributed by atoms with Crippen LogP contribution in [0.2, 0.25) is 0 Å². The molecule has 2 rings (SSSR count). The molecule has 1 aliphatic carbocycles. The van der Waals surface area contributed by atoms with Gasteiger partial charge in [0.05, 0.1) is 0 Å². The van der Waals surface area contributed by atoms with E-state index < -0.39 is 11.6 Å². The second kappa shape index (κ2) is 3.30. The molecular formula is C12H8F3. The van der Waals surface area contributed by atoms with Crippen molar-refractivity contribution >= 4 is 0 Å². The van der Waals surface area contributed by atoms with Gasteiger partial charge < -0.3 is 0 Å². The summed E-state index contributed by atoms with van der Waals surface area (Å²) in [6, 6.07) is 9.42. The molecule has 0 aliphatic heterocycles. The van der Waals surface area contributed by atoms with Crippen LogP contribution in [-0.4, -0.2) is 6.18 Å². The van der Waals surface area contributed by atoms with Crippen molar-refractivity contribution < 1.29 is 13.2 Å². The molecule has 0 heterocycles. The summed E-state index contributed by atoms with van der Waals surface area (Å²) in [6.07, 6.45) is -3.95. The second-order valence-electron chi connectivity index (χ2n) is 3.62. The van der Waals surface area contributed by atoms with Gasteiger partial charge >= 0.3 is 6.18 Å². The zero-order valence-electron chi connectivity index (χ0n) is 7.86. The van der Waals surface area contributed by atoms with Crippen LogP contribution in [0.15, 0.2) is 24.3 Å². The third-order valence-corrected chi connectivity index (χ3v) is 2.45. The van der Waals surface area contributed by atoms with Gasteiger partial charge in [0.25, 0.3) is 0 Å². The SMILES string of the molecule is FC(F)(F)C1(C#Cc2c[c]ccc2)CC1. The summed E-state index contributed by atoms with van der Waals surface area (Å²) in [6.45, 7) is 0. The molecule has 3 heteroatoms. The Morgan fingerprint density at radius 3 is 2.53 bits per heavy atom. The quantitative estimate of drug-likeness (QED) is 0.575. The highest BCUT2D eigenvalue weighted by Crippen LogP contribution is 2.57. The van der Waals surface area contributed by atoms with E-state index in [1.54, 1.807) is 24.3 Å². The highest BCUT2D eigenvalue weighted by Gasteiger charge is 2.62. The molecule has 1 aromatic rings. The molecule has 0 saturated heterocycles. The van der Waals surface area contributed by atoms with Crippen LogP contribution in [0, 0.1) is 23.3 Å². The highest BCUT2D eigenvalue weighted by atomic mass is 19.4. The van der Waals surface area contributed by atoms with Crippen molar-refractivity contribution in [3.8, 4) is 11.8 Å². The molecule has 0 bridgehead atoms. The van der Waals surface area contributed by atoms with Crippen LogP contribution in [0.4, 0.5) is 13.2 Å². The Labute approximate surface area is 86.1 Å². The van der Waals surface area contributed by atoms with Gasteiger partial charge in [-0.25, -0.2) is 0 Å². The normalized spacial score (nSPS) is 17.8. The highest BCUT2D eigenvalue weighted by molar-refractivity contribution is 5.37. The molecule has 0 atom stereocenters. The Kier molecular flexibility index (Phi) is 2.22. The first-order chi connectivity index (χ1) is 7.04. The van der Waals surface area contributed by atoms with Crippen LogP contribution in [0.3, 0.4) is 0 Å². The molecular weight excluding hydrogens is 201 g/mol. The van der Waals surface area contributed by atoms with E-state index in [1.807, 2.05) is 0 Å². The van der Waals surface area contributed by atoms with Crippen LogP contribution in [0.25, 0.3) is 0 Å². The summed E-state index contributed by atoms with van der Waals surface area (Å²) in [5, 5.41) is 0. The topological polar surface area (TPSA) is 0 Å². The molecule has 0 nitrogen and oxygen atoms in total. The summed E-state index contributed by atoms with van der Waals surface area (Å²) in [5.41, 5.74) is -1.16. The molecule has 1 saturated carbocycles. The summed E-state index contributed by atoms with van der Waals surface area (Å²) < 4.78 is 37.5. The first kappa shape index (κ1) is 10.1. The van der Waals surface area contributed by atoms with E-state index in [-0.39, 0.29) is 12.8 Å². The monoisotopic (exact) mass is 209 g/mol. The Balaban J connectivity index is 2.20. The summed E-state index contributed by atoms with van der Waals surface area (Å²) in [7, 11) is 0. The Morgan fingerprint density at radius 1 is 1.33 bits per heavy atom. The van der Waals surface area contributed by atoms with Gasteiger partial charge in [-0.2, -0.15) is 13.2 Å². The number of benzene rings is 1. The average Bonchev–Trinajstić information content (AvgIpc) is 2.96. The minimum absolute atomic E-state index is 0.125. The maximum absolute atomic E-state index is 12.5. The molecule has 0 aromatic heterocycles. The fraction of sp³-hybridized carbons (Fsp3) is 0.333. The van der Waals surface area contributed by atoms with Gasteiger partial charge in [-0.1, -0.05) is 24.0 Å². The van der Waals surface area contributed by atoms with Gasteiger partial charge in [0.2, 0.25) is 0 Å². The molecule has 15 heavy (non-hydrogen) atoms. The zero-order chi connectivity index (χ0) is 10.9. The fourth-order valence-electron chi connectivity index (χ4n) is 1.27. The standard InChI is InChI=1S/C12H8F3/c13-12(14,15)11(8-9-11)7-6-10-4-2-1-3-5-10/h1-2,4-5H,8-9H2. The maximum atomic E-state index is 12.5. The lowest BCUT2D eigenvalue weighted by molar-refractivity contribution is -0.168. The molecule has 1 aliphatic rings. The van der Waals surface area contributed by atoms with Gasteiger partial charge in [0.15, 0.2) is 0 Å². The van der Waals surface area contributed by atoms with Crippen LogP contribution in [-0.2, 0) is 0 Å². The van der Waals surface area contributed by atoms with Gasteiger partial charge in [-0.05, 0) is 31.0 Å². The maximum Gasteiger partial charge on any atom is 0.405 e. The van der Waals surface area contributed by atoms with Crippen molar-refractivity contribution in [2.45, 2.75) is 19.0 Å². The lowest BCUT2D eigenvalue weighted by atomic mass is 10.1. The van der Waals surface area contributed by atoms with Crippen molar-refractivity contribution in [3.05, 3.63) is 35.9 Å². The van der Waals surface area contributed by atoms with Crippen molar-refractivity contribution in [3.63, 3.8) is 0 Å². The van der Waals surface area contributed by atoms with Crippen molar-refractivity contribution in [2.75, 3.05) is 0 Å². The molecule has 1 radical (unpaired) electrons. The lowest BCUT2D eigenvalue weighted by Gasteiger charge is -2.11. The third-order valence-electron chi connectivity index (χ3n) is 2.45. The van der Waals surface area contributed by atoms with E-state index in [2.05, 4.69) is 17.9 Å². The number of halogens is 3. The van der Waals surface area contributed by atoms with E-state index in [9.17, 15) is 13.2 Å². The fourth-order valence-corrected chi connectivity index (χ4v) is 1.27. The van der Waals surface area contributed by atoms with Gasteiger partial charge in [-0.3, -0.25) is 0 Å². The minimum Gasteiger partial charge on any atom is -0.169 e. The number of alkyl halides is 3. The summed E-state index contributed by atoms with van der Waals surface area (Å²) in [4.78, 5) is 0. The third kappa shape index (κ3) is 1.99. The Morgan fingerprint density at radius 2 is 2.07 bits per heavy atom. The lowest BCUT2D eigenvalue weighted by Crippen LogP contribution is -2.22. The van der Waals surface area contributed by atoms with Crippen molar-refractivity contribution in [2.24, 2.45) is 5.41 Å². The van der Waals surface area contributed by atoms with Crippen molar-refractivity contribution in [1.29, 1.82) is 0 Å². The Bertz CT molecular complexity index is 402. The van der Waals surface area contributed by atoms with Crippen LogP contribution in [0.1, 0.15) is 18.4 Å². The molecule has 0 amide bonds. The van der Waals surface area contributed by atoms with Crippen molar-refractivity contribution in [1.82, 2.24) is 0 Å². The zero-order valence-corrected chi connectivity index (χ0v) is 7.86. The molecule has 1 fully saturated rings. The molecule has 1 aromatic carbocycles. The summed E-state index contributed by atoms with van der Waals surface area (Å²) >= 11 is 0. The average molecular weight is 209 g/mol. The van der Waals surface area contributed by atoms with E-state index in [0.29, 0.717) is 5.56 Å². The summed E-state index contributed by atoms with van der Waals surface area (Å²) in [5.74, 6) is 4.88. The predicted molar refractivity (Wildman–Crippen MR) is 49.9 cm³/mol. The molecule has 77 valence electrons. The van der Waals surface area contributed by atoms with Gasteiger partial charge in [0, 0.05) is 5.56 Å². The van der Waals surface area contributed by atoms with Gasteiger partial charge in [-0.15, -0.1) is 0 Å². The predicted octanol–water partition coefficient (Wildman–Crippen LogP) is 3.18. The van der Waals surface area contributed by atoms with E-state index in [0.717, 1.165) is 0 Å². The first-order valence-corrected chi connectivity index (χ1v) is 4.60. The largest absolute Gasteiger partial charge is 0.405 e. The first-order valence-electron chi connectivity index (χ1n) is 4.60. The van der Waals surface area contributed by atoms with E-state index in [4.69, 9.17) is 0 Å². The second-order valence-corrected chi connectivity index (χ2v) is 3.62. The molecule has 0 unspecified atom stereocenters. The number of hydrogen-bond donors (Lipinski definition) is 0. The minimum atomic E-state index is -4.20. The van der Waals surface area contributed by atoms with E-state index >= 15 is 0 Å².